The van der Waals surface area contributed by atoms with Crippen LogP contribution < -0.4 is 5.73 Å². The highest BCUT2D eigenvalue weighted by Gasteiger charge is 2.33. The van der Waals surface area contributed by atoms with Crippen molar-refractivity contribution in [2.24, 2.45) is 18.2 Å². The molecule has 2 rings (SSSR count). The second-order valence-electron chi connectivity index (χ2n) is 4.45. The van der Waals surface area contributed by atoms with Crippen LogP contribution in [0, 0.1) is 5.41 Å². The minimum atomic E-state index is 0.213. The lowest BCUT2D eigenvalue weighted by atomic mass is 9.82. The first-order valence-electron chi connectivity index (χ1n) is 5.50. The molecule has 1 aromatic heterocycles. The summed E-state index contributed by atoms with van der Waals surface area (Å²) in [6.07, 6.45) is 5.08. The number of aromatic nitrogens is 2. The maximum absolute atomic E-state index is 5.84. The van der Waals surface area contributed by atoms with E-state index >= 15 is 0 Å². The molecule has 1 saturated heterocycles. The molecule has 15 heavy (non-hydrogen) atoms. The standard InChI is InChI=1S/C11H19N3O/c1-14-10(3-6-13-14)2-4-11(8-12)5-7-15-9-11/h3,6H,2,4-5,7-9,12H2,1H3. The smallest absolute Gasteiger partial charge is 0.0535 e. The Bertz CT molecular complexity index is 315. The second-order valence-corrected chi connectivity index (χ2v) is 4.45. The maximum atomic E-state index is 5.84. The van der Waals surface area contributed by atoms with E-state index in [9.17, 15) is 0 Å². The molecule has 2 heterocycles. The number of hydrogen-bond acceptors (Lipinski definition) is 3. The first-order valence-corrected chi connectivity index (χ1v) is 5.50. The molecule has 0 spiro atoms. The highest BCUT2D eigenvalue weighted by molar-refractivity contribution is 5.01. The lowest BCUT2D eigenvalue weighted by Crippen LogP contribution is -2.31. The highest BCUT2D eigenvalue weighted by Crippen LogP contribution is 2.32. The zero-order valence-corrected chi connectivity index (χ0v) is 9.28. The van der Waals surface area contributed by atoms with Crippen molar-refractivity contribution in [3.8, 4) is 0 Å². The summed E-state index contributed by atoms with van der Waals surface area (Å²) < 4.78 is 7.38. The van der Waals surface area contributed by atoms with E-state index in [4.69, 9.17) is 10.5 Å². The van der Waals surface area contributed by atoms with E-state index < -0.39 is 0 Å². The van der Waals surface area contributed by atoms with Crippen LogP contribution in [-0.4, -0.2) is 29.5 Å². The van der Waals surface area contributed by atoms with Crippen LogP contribution in [0.15, 0.2) is 12.3 Å². The van der Waals surface area contributed by atoms with Gasteiger partial charge >= 0.3 is 0 Å². The molecule has 0 bridgehead atoms. The first kappa shape index (κ1) is 10.6. The molecule has 1 fully saturated rings. The van der Waals surface area contributed by atoms with Gasteiger partial charge in [-0.3, -0.25) is 4.68 Å². The Balaban J connectivity index is 1.94. The van der Waals surface area contributed by atoms with Gasteiger partial charge in [0.2, 0.25) is 0 Å². The fourth-order valence-corrected chi connectivity index (χ4v) is 2.15. The van der Waals surface area contributed by atoms with Crippen LogP contribution in [0.25, 0.3) is 0 Å². The number of rotatable bonds is 4. The molecule has 1 aliphatic heterocycles. The van der Waals surface area contributed by atoms with Crippen LogP contribution in [0.2, 0.25) is 0 Å². The number of nitrogens with zero attached hydrogens (tertiary/aromatic N) is 2. The van der Waals surface area contributed by atoms with Crippen molar-refractivity contribution in [2.45, 2.75) is 19.3 Å². The zero-order chi connectivity index (χ0) is 10.7. The normalized spacial score (nSPS) is 26.0. The van der Waals surface area contributed by atoms with E-state index in [1.165, 1.54) is 5.69 Å². The van der Waals surface area contributed by atoms with Crippen molar-refractivity contribution in [2.75, 3.05) is 19.8 Å². The van der Waals surface area contributed by atoms with Crippen molar-refractivity contribution < 1.29 is 4.74 Å². The monoisotopic (exact) mass is 209 g/mol. The van der Waals surface area contributed by atoms with Gasteiger partial charge in [-0.1, -0.05) is 0 Å². The lowest BCUT2D eigenvalue weighted by molar-refractivity contribution is 0.149. The summed E-state index contributed by atoms with van der Waals surface area (Å²) in [7, 11) is 1.98. The van der Waals surface area contributed by atoms with Gasteiger partial charge in [0.05, 0.1) is 6.61 Å². The van der Waals surface area contributed by atoms with Gasteiger partial charge in [-0.2, -0.15) is 5.10 Å². The van der Waals surface area contributed by atoms with Crippen LogP contribution in [0.4, 0.5) is 0 Å². The molecule has 1 unspecified atom stereocenters. The number of aryl methyl sites for hydroxylation is 2. The second kappa shape index (κ2) is 4.33. The van der Waals surface area contributed by atoms with Crippen molar-refractivity contribution in [1.29, 1.82) is 0 Å². The lowest BCUT2D eigenvalue weighted by Gasteiger charge is -2.25. The van der Waals surface area contributed by atoms with Gasteiger partial charge in [0.1, 0.15) is 0 Å². The van der Waals surface area contributed by atoms with Crippen LogP contribution in [-0.2, 0) is 18.2 Å². The molecule has 1 aliphatic rings. The molecular weight excluding hydrogens is 190 g/mol. The maximum Gasteiger partial charge on any atom is 0.0535 e. The molecule has 0 aromatic carbocycles. The highest BCUT2D eigenvalue weighted by atomic mass is 16.5. The van der Waals surface area contributed by atoms with E-state index in [1.54, 1.807) is 0 Å². The summed E-state index contributed by atoms with van der Waals surface area (Å²) in [5, 5.41) is 4.16. The Morgan fingerprint density at radius 1 is 1.67 bits per heavy atom. The fraction of sp³-hybridized carbons (Fsp3) is 0.727. The molecule has 1 atom stereocenters. The summed E-state index contributed by atoms with van der Waals surface area (Å²) in [6, 6.07) is 2.07. The average Bonchev–Trinajstić information content (AvgIpc) is 2.85. The predicted octanol–water partition coefficient (Wildman–Crippen LogP) is 0.718. The minimum Gasteiger partial charge on any atom is -0.381 e. The van der Waals surface area contributed by atoms with Crippen LogP contribution in [0.5, 0.6) is 0 Å². The topological polar surface area (TPSA) is 53.1 Å². The first-order chi connectivity index (χ1) is 7.26. The van der Waals surface area contributed by atoms with E-state index in [1.807, 2.05) is 17.9 Å². The summed E-state index contributed by atoms with van der Waals surface area (Å²) in [6.45, 7) is 2.41. The Hall–Kier alpha value is -0.870. The van der Waals surface area contributed by atoms with Crippen LogP contribution in [0.3, 0.4) is 0 Å². The SMILES string of the molecule is Cn1nccc1CCC1(CN)CCOC1. The largest absolute Gasteiger partial charge is 0.381 e. The van der Waals surface area contributed by atoms with Gasteiger partial charge in [0, 0.05) is 37.5 Å². The summed E-state index contributed by atoms with van der Waals surface area (Å²) in [5.74, 6) is 0. The zero-order valence-electron chi connectivity index (χ0n) is 9.28. The third kappa shape index (κ3) is 2.21. The van der Waals surface area contributed by atoms with E-state index in [0.29, 0.717) is 0 Å². The predicted molar refractivity (Wildman–Crippen MR) is 58.5 cm³/mol. The molecule has 2 N–H and O–H groups in total. The number of hydrogen-bond donors (Lipinski definition) is 1. The van der Waals surface area contributed by atoms with Gasteiger partial charge < -0.3 is 10.5 Å². The van der Waals surface area contributed by atoms with E-state index in [2.05, 4.69) is 11.2 Å². The van der Waals surface area contributed by atoms with Crippen molar-refractivity contribution in [3.63, 3.8) is 0 Å². The molecule has 0 saturated carbocycles. The van der Waals surface area contributed by atoms with E-state index in [0.717, 1.165) is 39.0 Å². The number of ether oxygens (including phenoxy) is 1. The minimum absolute atomic E-state index is 0.213. The van der Waals surface area contributed by atoms with Crippen LogP contribution in [0.1, 0.15) is 18.5 Å². The van der Waals surface area contributed by atoms with Crippen molar-refractivity contribution in [1.82, 2.24) is 9.78 Å². The molecule has 4 heteroatoms. The third-order valence-corrected chi connectivity index (χ3v) is 3.45. The van der Waals surface area contributed by atoms with Gasteiger partial charge in [-0.25, -0.2) is 0 Å². The molecule has 84 valence electrons. The molecule has 0 aliphatic carbocycles. The Morgan fingerprint density at radius 3 is 3.07 bits per heavy atom. The quantitative estimate of drug-likeness (QED) is 0.795. The van der Waals surface area contributed by atoms with Gasteiger partial charge in [-0.05, 0) is 25.3 Å². The van der Waals surface area contributed by atoms with Crippen LogP contribution >= 0.6 is 0 Å². The summed E-state index contributed by atoms with van der Waals surface area (Å²) in [4.78, 5) is 0. The summed E-state index contributed by atoms with van der Waals surface area (Å²) >= 11 is 0. The van der Waals surface area contributed by atoms with Crippen molar-refractivity contribution >= 4 is 0 Å². The molecule has 4 nitrogen and oxygen atoms in total. The number of nitrogens with two attached hydrogens (primary N) is 1. The molecule has 1 aromatic rings. The fourth-order valence-electron chi connectivity index (χ4n) is 2.15. The van der Waals surface area contributed by atoms with Gasteiger partial charge in [-0.15, -0.1) is 0 Å². The molecule has 0 radical (unpaired) electrons. The Kier molecular flexibility index (Phi) is 3.07. The van der Waals surface area contributed by atoms with Gasteiger partial charge in [0.15, 0.2) is 0 Å². The van der Waals surface area contributed by atoms with Crippen molar-refractivity contribution in [3.05, 3.63) is 18.0 Å². The molecular formula is C11H19N3O. The van der Waals surface area contributed by atoms with E-state index in [-0.39, 0.29) is 5.41 Å². The Morgan fingerprint density at radius 2 is 2.53 bits per heavy atom. The Labute approximate surface area is 90.4 Å². The third-order valence-electron chi connectivity index (χ3n) is 3.45. The van der Waals surface area contributed by atoms with Gasteiger partial charge in [0.25, 0.3) is 0 Å². The average molecular weight is 209 g/mol. The molecule has 0 amide bonds. The summed E-state index contributed by atoms with van der Waals surface area (Å²) in [5.41, 5.74) is 7.33.